The number of hydrogen-bond donors (Lipinski definition) is 2. The molecule has 2 N–H and O–H groups in total. The first-order valence-electron chi connectivity index (χ1n) is 4.75. The number of aromatic amines is 1. The Kier molecular flexibility index (Phi) is 3.57. The number of H-pyrrole nitrogens is 1. The molecular formula is C10H14N2O2S. The average Bonchev–Trinajstić information content (AvgIpc) is 1.99. The fourth-order valence-electron chi connectivity index (χ4n) is 1.46. The topological polar surface area (TPSA) is 66.0 Å². The van der Waals surface area contributed by atoms with Gasteiger partial charge in [-0.15, -0.1) is 0 Å². The van der Waals surface area contributed by atoms with Crippen LogP contribution >= 0.6 is 12.2 Å². The van der Waals surface area contributed by atoms with E-state index in [0.717, 1.165) is 0 Å². The summed E-state index contributed by atoms with van der Waals surface area (Å²) in [6.07, 6.45) is 0.626. The van der Waals surface area contributed by atoms with Gasteiger partial charge in [0.1, 0.15) is 5.56 Å². The zero-order valence-electron chi connectivity index (χ0n) is 9.00. The van der Waals surface area contributed by atoms with Gasteiger partial charge in [0.25, 0.3) is 0 Å². The molecule has 1 rings (SSSR count). The van der Waals surface area contributed by atoms with Gasteiger partial charge in [-0.25, -0.2) is 9.78 Å². The Morgan fingerprint density at radius 1 is 1.60 bits per heavy atom. The van der Waals surface area contributed by atoms with Gasteiger partial charge < -0.3 is 10.1 Å². The van der Waals surface area contributed by atoms with Crippen molar-refractivity contribution in [3.05, 3.63) is 21.7 Å². The molecule has 0 aliphatic carbocycles. The summed E-state index contributed by atoms with van der Waals surface area (Å²) in [6, 6.07) is 0. The molecule has 1 heterocycles. The molecule has 0 radical (unpaired) electrons. The number of nitrogens with zero attached hydrogens (tertiary/aromatic N) is 1. The molecule has 0 amide bonds. The van der Waals surface area contributed by atoms with Crippen LogP contribution in [-0.4, -0.2) is 21.0 Å². The minimum Gasteiger partial charge on any atom is -0.478 e. The molecule has 0 bridgehead atoms. The Morgan fingerprint density at radius 3 is 2.67 bits per heavy atom. The molecule has 0 aliphatic heterocycles. The second-order valence-corrected chi connectivity index (χ2v) is 4.28. The van der Waals surface area contributed by atoms with Gasteiger partial charge in [-0.1, -0.05) is 13.8 Å². The average molecular weight is 226 g/mol. The molecule has 4 nitrogen and oxygen atoms in total. The van der Waals surface area contributed by atoms with E-state index >= 15 is 0 Å². The molecule has 0 aliphatic rings. The lowest BCUT2D eigenvalue weighted by Gasteiger charge is -2.09. The second-order valence-electron chi connectivity index (χ2n) is 3.89. The van der Waals surface area contributed by atoms with E-state index in [4.69, 9.17) is 17.3 Å². The lowest BCUT2D eigenvalue weighted by atomic mass is 10.0. The largest absolute Gasteiger partial charge is 0.478 e. The number of aryl methyl sites for hydroxylation is 1. The number of carboxylic acid groups (broad SMARTS) is 1. The summed E-state index contributed by atoms with van der Waals surface area (Å²) in [6.45, 7) is 5.73. The van der Waals surface area contributed by atoms with E-state index in [-0.39, 0.29) is 5.56 Å². The zero-order chi connectivity index (χ0) is 11.6. The van der Waals surface area contributed by atoms with Gasteiger partial charge in [-0.3, -0.25) is 0 Å². The standard InChI is InChI=1S/C10H14N2O2S/c1-5(2)4-7-8(9(13)14)6(3)11-10(15)12-7/h5H,4H2,1-3H3,(H,13,14)(H,11,12,15). The number of aromatic carboxylic acids is 1. The van der Waals surface area contributed by atoms with Gasteiger partial charge in [0, 0.05) is 5.69 Å². The number of nitrogens with one attached hydrogen (secondary N) is 1. The van der Waals surface area contributed by atoms with Crippen LogP contribution in [0.3, 0.4) is 0 Å². The predicted molar refractivity (Wildman–Crippen MR) is 59.7 cm³/mol. The highest BCUT2D eigenvalue weighted by Crippen LogP contribution is 2.14. The first kappa shape index (κ1) is 11.8. The summed E-state index contributed by atoms with van der Waals surface area (Å²) >= 11 is 4.93. The van der Waals surface area contributed by atoms with E-state index in [1.54, 1.807) is 6.92 Å². The van der Waals surface area contributed by atoms with Crippen LogP contribution in [0.25, 0.3) is 0 Å². The van der Waals surface area contributed by atoms with Crippen LogP contribution in [0.15, 0.2) is 0 Å². The molecule has 0 spiro atoms. The number of rotatable bonds is 3. The highest BCUT2D eigenvalue weighted by molar-refractivity contribution is 7.71. The highest BCUT2D eigenvalue weighted by Gasteiger charge is 2.16. The number of hydrogen-bond acceptors (Lipinski definition) is 3. The molecule has 0 unspecified atom stereocenters. The summed E-state index contributed by atoms with van der Waals surface area (Å²) in [5.41, 5.74) is 1.38. The molecular weight excluding hydrogens is 212 g/mol. The van der Waals surface area contributed by atoms with Crippen LogP contribution < -0.4 is 0 Å². The summed E-state index contributed by atoms with van der Waals surface area (Å²) < 4.78 is 0.341. The number of carbonyl (C=O) groups is 1. The van der Waals surface area contributed by atoms with Gasteiger partial charge in [0.2, 0.25) is 0 Å². The predicted octanol–water partition coefficient (Wildman–Crippen LogP) is 2.34. The molecule has 1 aromatic heterocycles. The fraction of sp³-hybridized carbons (Fsp3) is 0.500. The molecule has 0 atom stereocenters. The lowest BCUT2D eigenvalue weighted by Crippen LogP contribution is -2.12. The van der Waals surface area contributed by atoms with Crippen LogP contribution in [0.5, 0.6) is 0 Å². The molecule has 15 heavy (non-hydrogen) atoms. The lowest BCUT2D eigenvalue weighted by molar-refractivity contribution is 0.0693. The van der Waals surface area contributed by atoms with Gasteiger partial charge in [0.15, 0.2) is 4.77 Å². The Morgan fingerprint density at radius 2 is 2.20 bits per heavy atom. The summed E-state index contributed by atoms with van der Waals surface area (Å²) in [5, 5.41) is 9.06. The van der Waals surface area contributed by atoms with Gasteiger partial charge >= 0.3 is 5.97 Å². The van der Waals surface area contributed by atoms with E-state index < -0.39 is 5.97 Å². The first-order chi connectivity index (χ1) is 6.91. The Balaban J connectivity index is 3.33. The normalized spacial score (nSPS) is 10.7. The van der Waals surface area contributed by atoms with Crippen molar-refractivity contribution in [3.8, 4) is 0 Å². The van der Waals surface area contributed by atoms with Gasteiger partial charge in [-0.05, 0) is 31.5 Å². The Bertz CT molecular complexity index is 438. The summed E-state index contributed by atoms with van der Waals surface area (Å²) in [4.78, 5) is 17.9. The van der Waals surface area contributed by atoms with Crippen LogP contribution in [0, 0.1) is 17.6 Å². The van der Waals surface area contributed by atoms with E-state index in [9.17, 15) is 4.79 Å². The number of aromatic nitrogens is 2. The van der Waals surface area contributed by atoms with Crippen LogP contribution in [0.4, 0.5) is 0 Å². The van der Waals surface area contributed by atoms with Crippen molar-refractivity contribution >= 4 is 18.2 Å². The Hall–Kier alpha value is -1.23. The van der Waals surface area contributed by atoms with Crippen LogP contribution in [-0.2, 0) is 6.42 Å². The van der Waals surface area contributed by atoms with Crippen LogP contribution in [0.2, 0.25) is 0 Å². The molecule has 5 heteroatoms. The minimum atomic E-state index is -0.957. The minimum absolute atomic E-state index is 0.248. The maximum absolute atomic E-state index is 11.0. The van der Waals surface area contributed by atoms with E-state index in [2.05, 4.69) is 9.97 Å². The second kappa shape index (κ2) is 4.53. The highest BCUT2D eigenvalue weighted by atomic mass is 32.1. The third-order valence-corrected chi connectivity index (χ3v) is 2.20. The van der Waals surface area contributed by atoms with E-state index in [1.165, 1.54) is 0 Å². The quantitative estimate of drug-likeness (QED) is 0.776. The van der Waals surface area contributed by atoms with Crippen molar-refractivity contribution in [2.24, 2.45) is 5.92 Å². The molecule has 0 saturated carbocycles. The fourth-order valence-corrected chi connectivity index (χ4v) is 1.73. The maximum atomic E-state index is 11.0. The molecule has 0 saturated heterocycles. The van der Waals surface area contributed by atoms with Crippen molar-refractivity contribution in [3.63, 3.8) is 0 Å². The van der Waals surface area contributed by atoms with E-state index in [1.807, 2.05) is 13.8 Å². The number of carboxylic acids is 1. The molecule has 0 aromatic carbocycles. The van der Waals surface area contributed by atoms with Gasteiger partial charge in [0.05, 0.1) is 5.69 Å². The van der Waals surface area contributed by atoms with Crippen molar-refractivity contribution < 1.29 is 9.90 Å². The van der Waals surface area contributed by atoms with E-state index in [0.29, 0.717) is 28.5 Å². The third-order valence-electron chi connectivity index (χ3n) is 2.01. The monoisotopic (exact) mass is 226 g/mol. The molecule has 82 valence electrons. The van der Waals surface area contributed by atoms with Crippen LogP contribution in [0.1, 0.15) is 35.6 Å². The third kappa shape index (κ3) is 2.86. The smallest absolute Gasteiger partial charge is 0.339 e. The molecule has 1 aromatic rings. The first-order valence-corrected chi connectivity index (χ1v) is 5.15. The van der Waals surface area contributed by atoms with Crippen molar-refractivity contribution in [2.75, 3.05) is 0 Å². The van der Waals surface area contributed by atoms with Crippen molar-refractivity contribution in [1.29, 1.82) is 0 Å². The van der Waals surface area contributed by atoms with Gasteiger partial charge in [-0.2, -0.15) is 0 Å². The molecule has 0 fully saturated rings. The summed E-state index contributed by atoms with van der Waals surface area (Å²) in [5.74, 6) is -0.603. The van der Waals surface area contributed by atoms with Crippen molar-refractivity contribution in [1.82, 2.24) is 9.97 Å². The summed E-state index contributed by atoms with van der Waals surface area (Å²) in [7, 11) is 0. The maximum Gasteiger partial charge on any atom is 0.339 e. The Labute approximate surface area is 93.4 Å². The van der Waals surface area contributed by atoms with Crippen molar-refractivity contribution in [2.45, 2.75) is 27.2 Å². The zero-order valence-corrected chi connectivity index (χ0v) is 9.81. The SMILES string of the molecule is Cc1[nH]c(=S)nc(CC(C)C)c1C(=O)O.